The van der Waals surface area contributed by atoms with E-state index in [0.717, 1.165) is 13.0 Å². The van der Waals surface area contributed by atoms with E-state index in [9.17, 15) is 4.79 Å². The molecule has 0 fully saturated rings. The molecule has 0 radical (unpaired) electrons. The number of hydrogen-bond donors (Lipinski definition) is 2. The van der Waals surface area contributed by atoms with Crippen LogP contribution in [0.5, 0.6) is 0 Å². The highest BCUT2D eigenvalue weighted by atomic mass is 16.2. The molecule has 2 N–H and O–H groups in total. The smallest absolute Gasteiger partial charge is 0.236 e. The minimum absolute atomic E-state index is 0.101. The lowest BCUT2D eigenvalue weighted by atomic mass is 10.0. The molecule has 0 rings (SSSR count). The molecular weight excluding hydrogens is 200 g/mol. The molecule has 96 valence electrons. The van der Waals surface area contributed by atoms with Crippen molar-refractivity contribution in [3.8, 4) is 0 Å². The van der Waals surface area contributed by atoms with E-state index >= 15 is 0 Å². The average Bonchev–Trinajstić information content (AvgIpc) is 2.12. The first-order chi connectivity index (χ1) is 7.32. The molecule has 0 heterocycles. The Morgan fingerprint density at radius 3 is 2.00 bits per heavy atom. The van der Waals surface area contributed by atoms with E-state index in [1.165, 1.54) is 0 Å². The third kappa shape index (κ3) is 7.69. The molecule has 0 aromatic heterocycles. The Kier molecular flexibility index (Phi) is 7.39. The summed E-state index contributed by atoms with van der Waals surface area (Å²) in [6, 6.07) is 0.285. The van der Waals surface area contributed by atoms with Gasteiger partial charge in [0.2, 0.25) is 5.91 Å². The fraction of sp³-hybridized carbons (Fsp3) is 0.923. The van der Waals surface area contributed by atoms with Crippen molar-refractivity contribution in [1.82, 2.24) is 10.6 Å². The fourth-order valence-electron chi connectivity index (χ4n) is 1.74. The molecule has 0 aliphatic rings. The number of carbonyl (C=O) groups excluding carboxylic acids is 1. The van der Waals surface area contributed by atoms with E-state index in [1.807, 2.05) is 6.92 Å². The number of rotatable bonds is 7. The maximum Gasteiger partial charge on any atom is 0.236 e. The van der Waals surface area contributed by atoms with Gasteiger partial charge in [-0.25, -0.2) is 0 Å². The van der Waals surface area contributed by atoms with Crippen LogP contribution in [-0.2, 0) is 4.79 Å². The van der Waals surface area contributed by atoms with Crippen molar-refractivity contribution >= 4 is 5.91 Å². The first kappa shape index (κ1) is 15.4. The van der Waals surface area contributed by atoms with Crippen molar-refractivity contribution in [1.29, 1.82) is 0 Å². The molecule has 0 spiro atoms. The summed E-state index contributed by atoms with van der Waals surface area (Å²) in [6.07, 6.45) is 1.10. The Hall–Kier alpha value is -0.570. The molecule has 16 heavy (non-hydrogen) atoms. The maximum atomic E-state index is 11.7. The summed E-state index contributed by atoms with van der Waals surface area (Å²) in [5.74, 6) is 1.27. The summed E-state index contributed by atoms with van der Waals surface area (Å²) in [7, 11) is 0. The Labute approximate surface area is 100 Å². The summed E-state index contributed by atoms with van der Waals surface area (Å²) in [5, 5.41) is 6.26. The molecule has 3 heteroatoms. The van der Waals surface area contributed by atoms with Gasteiger partial charge in [0.05, 0.1) is 6.04 Å². The molecule has 0 saturated heterocycles. The van der Waals surface area contributed by atoms with E-state index in [-0.39, 0.29) is 11.9 Å². The third-order valence-electron chi connectivity index (χ3n) is 2.44. The normalized spacial score (nSPS) is 15.2. The van der Waals surface area contributed by atoms with Crippen molar-refractivity contribution in [3.63, 3.8) is 0 Å². The number of hydrogen-bond acceptors (Lipinski definition) is 2. The first-order valence-electron chi connectivity index (χ1n) is 6.36. The maximum absolute atomic E-state index is 11.7. The van der Waals surface area contributed by atoms with Crippen LogP contribution in [0.15, 0.2) is 0 Å². The van der Waals surface area contributed by atoms with Crippen LogP contribution in [0.3, 0.4) is 0 Å². The second-order valence-electron chi connectivity index (χ2n) is 5.56. The van der Waals surface area contributed by atoms with E-state index in [2.05, 4.69) is 45.3 Å². The molecule has 2 unspecified atom stereocenters. The van der Waals surface area contributed by atoms with Gasteiger partial charge < -0.3 is 10.6 Å². The monoisotopic (exact) mass is 228 g/mol. The Morgan fingerprint density at radius 1 is 1.00 bits per heavy atom. The summed E-state index contributed by atoms with van der Waals surface area (Å²) >= 11 is 0. The molecule has 0 aromatic rings. The van der Waals surface area contributed by atoms with Crippen LogP contribution < -0.4 is 10.6 Å². The summed E-state index contributed by atoms with van der Waals surface area (Å²) in [4.78, 5) is 11.7. The van der Waals surface area contributed by atoms with Crippen LogP contribution in [0.2, 0.25) is 0 Å². The molecule has 3 nitrogen and oxygen atoms in total. The van der Waals surface area contributed by atoms with Crippen LogP contribution in [0.25, 0.3) is 0 Å². The van der Waals surface area contributed by atoms with Crippen LogP contribution >= 0.6 is 0 Å². The quantitative estimate of drug-likeness (QED) is 0.701. The minimum Gasteiger partial charge on any atom is -0.354 e. The van der Waals surface area contributed by atoms with Gasteiger partial charge in [-0.15, -0.1) is 0 Å². The number of amides is 1. The van der Waals surface area contributed by atoms with Gasteiger partial charge in [-0.1, -0.05) is 27.7 Å². The highest BCUT2D eigenvalue weighted by Crippen LogP contribution is 2.04. The summed E-state index contributed by atoms with van der Waals surface area (Å²) < 4.78 is 0. The predicted octanol–water partition coefficient (Wildman–Crippen LogP) is 2.17. The van der Waals surface area contributed by atoms with Crippen molar-refractivity contribution in [3.05, 3.63) is 0 Å². The van der Waals surface area contributed by atoms with Gasteiger partial charge in [0.15, 0.2) is 0 Å². The number of carbonyl (C=O) groups is 1. The predicted molar refractivity (Wildman–Crippen MR) is 69.4 cm³/mol. The van der Waals surface area contributed by atoms with E-state index in [4.69, 9.17) is 0 Å². The topological polar surface area (TPSA) is 41.1 Å². The zero-order chi connectivity index (χ0) is 12.7. The van der Waals surface area contributed by atoms with Crippen molar-refractivity contribution in [2.75, 3.05) is 6.54 Å². The fourth-order valence-corrected chi connectivity index (χ4v) is 1.74. The number of nitrogens with one attached hydrogen (secondary N) is 2. The molecule has 0 aliphatic carbocycles. The van der Waals surface area contributed by atoms with Crippen LogP contribution in [0.4, 0.5) is 0 Å². The minimum atomic E-state index is -0.104. The van der Waals surface area contributed by atoms with Gasteiger partial charge in [0.1, 0.15) is 0 Å². The standard InChI is InChI=1S/C13H28N2O/c1-9(2)7-11(5)15-12(6)13(16)14-8-10(3)4/h9-12,15H,7-8H2,1-6H3,(H,14,16). The molecular formula is C13H28N2O. The van der Waals surface area contributed by atoms with Gasteiger partial charge in [0, 0.05) is 12.6 Å². The second kappa shape index (κ2) is 7.66. The van der Waals surface area contributed by atoms with Crippen molar-refractivity contribution in [2.24, 2.45) is 11.8 Å². The Morgan fingerprint density at radius 2 is 1.56 bits per heavy atom. The summed E-state index contributed by atoms with van der Waals surface area (Å²) in [6.45, 7) is 13.4. The lowest BCUT2D eigenvalue weighted by Gasteiger charge is -2.21. The third-order valence-corrected chi connectivity index (χ3v) is 2.44. The zero-order valence-electron chi connectivity index (χ0n) is 11.6. The molecule has 1 amide bonds. The highest BCUT2D eigenvalue weighted by Gasteiger charge is 2.15. The highest BCUT2D eigenvalue weighted by molar-refractivity contribution is 5.81. The second-order valence-corrected chi connectivity index (χ2v) is 5.56. The van der Waals surface area contributed by atoms with Crippen LogP contribution in [0, 0.1) is 11.8 Å². The lowest BCUT2D eigenvalue weighted by molar-refractivity contribution is -0.123. The van der Waals surface area contributed by atoms with E-state index < -0.39 is 0 Å². The zero-order valence-corrected chi connectivity index (χ0v) is 11.6. The molecule has 2 atom stereocenters. The largest absolute Gasteiger partial charge is 0.354 e. The van der Waals surface area contributed by atoms with Gasteiger partial charge in [0.25, 0.3) is 0 Å². The summed E-state index contributed by atoms with van der Waals surface area (Å²) in [5.41, 5.74) is 0. The van der Waals surface area contributed by atoms with Gasteiger partial charge in [-0.2, -0.15) is 0 Å². The lowest BCUT2D eigenvalue weighted by Crippen LogP contribution is -2.46. The average molecular weight is 228 g/mol. The molecule has 0 bridgehead atoms. The first-order valence-corrected chi connectivity index (χ1v) is 6.36. The van der Waals surface area contributed by atoms with E-state index in [0.29, 0.717) is 17.9 Å². The Balaban J connectivity index is 3.86. The van der Waals surface area contributed by atoms with Crippen molar-refractivity contribution < 1.29 is 4.79 Å². The molecule has 0 aromatic carbocycles. The molecule has 0 saturated carbocycles. The van der Waals surface area contributed by atoms with Crippen molar-refractivity contribution in [2.45, 2.75) is 60.0 Å². The van der Waals surface area contributed by atoms with Gasteiger partial charge >= 0.3 is 0 Å². The molecule has 0 aliphatic heterocycles. The SMILES string of the molecule is CC(C)CNC(=O)C(C)NC(C)CC(C)C. The van der Waals surface area contributed by atoms with Gasteiger partial charge in [-0.05, 0) is 32.1 Å². The Bertz CT molecular complexity index is 202. The van der Waals surface area contributed by atoms with Crippen LogP contribution in [-0.4, -0.2) is 24.5 Å². The van der Waals surface area contributed by atoms with E-state index in [1.54, 1.807) is 0 Å². The van der Waals surface area contributed by atoms with Gasteiger partial charge in [-0.3, -0.25) is 4.79 Å². The van der Waals surface area contributed by atoms with Crippen LogP contribution in [0.1, 0.15) is 48.0 Å².